The molecule has 0 aliphatic carbocycles. The van der Waals surface area contributed by atoms with Gasteiger partial charge in [0.25, 0.3) is 0 Å². The number of benzene rings is 1. The maximum Gasteiger partial charge on any atom is 0.146 e. The van der Waals surface area contributed by atoms with Crippen LogP contribution in [0.25, 0.3) is 0 Å². The number of hydrogen-bond acceptors (Lipinski definition) is 4. The van der Waals surface area contributed by atoms with E-state index in [9.17, 15) is 0 Å². The van der Waals surface area contributed by atoms with Gasteiger partial charge < -0.3 is 15.2 Å². The predicted octanol–water partition coefficient (Wildman–Crippen LogP) is 3.46. The first-order valence-corrected chi connectivity index (χ1v) is 7.23. The molecule has 0 atom stereocenters. The van der Waals surface area contributed by atoms with Crippen molar-refractivity contribution in [1.82, 2.24) is 4.98 Å². The molecular weight excluding hydrogens is 264 g/mol. The fraction of sp³-hybridized carbons (Fsp3) is 0.353. The van der Waals surface area contributed by atoms with Gasteiger partial charge in [0.2, 0.25) is 0 Å². The Hall–Kier alpha value is -2.23. The lowest BCUT2D eigenvalue weighted by Crippen LogP contribution is -2.08. The van der Waals surface area contributed by atoms with Crippen molar-refractivity contribution in [2.75, 3.05) is 12.3 Å². The third kappa shape index (κ3) is 4.99. The topological polar surface area (TPSA) is 57.4 Å². The summed E-state index contributed by atoms with van der Waals surface area (Å²) in [5.41, 5.74) is 7.79. The molecule has 21 heavy (non-hydrogen) atoms. The Morgan fingerprint density at radius 2 is 1.90 bits per heavy atom. The van der Waals surface area contributed by atoms with E-state index >= 15 is 0 Å². The molecule has 0 radical (unpaired) electrons. The molecule has 2 rings (SSSR count). The van der Waals surface area contributed by atoms with Crippen molar-refractivity contribution in [3.63, 3.8) is 0 Å². The quantitative estimate of drug-likeness (QED) is 0.625. The minimum atomic E-state index is 0.0919. The van der Waals surface area contributed by atoms with E-state index in [4.69, 9.17) is 15.2 Å². The Kier molecular flexibility index (Phi) is 5.43. The zero-order valence-corrected chi connectivity index (χ0v) is 12.6. The summed E-state index contributed by atoms with van der Waals surface area (Å²) in [7, 11) is 0. The van der Waals surface area contributed by atoms with E-state index in [0.717, 1.165) is 18.6 Å². The van der Waals surface area contributed by atoms with E-state index < -0.39 is 0 Å². The molecule has 0 unspecified atom stereocenters. The van der Waals surface area contributed by atoms with Crippen molar-refractivity contribution >= 4 is 5.69 Å². The summed E-state index contributed by atoms with van der Waals surface area (Å²) < 4.78 is 11.4. The van der Waals surface area contributed by atoms with Crippen molar-refractivity contribution in [3.8, 4) is 11.5 Å². The molecule has 0 amide bonds. The lowest BCUT2D eigenvalue weighted by molar-refractivity contribution is 0.241. The second-order valence-corrected chi connectivity index (χ2v) is 5.17. The van der Waals surface area contributed by atoms with Crippen LogP contribution in [-0.2, 0) is 6.42 Å². The average molecular weight is 286 g/mol. The summed E-state index contributed by atoms with van der Waals surface area (Å²) in [5, 5.41) is 0. The zero-order chi connectivity index (χ0) is 15.1. The van der Waals surface area contributed by atoms with Gasteiger partial charge in [-0.3, -0.25) is 4.98 Å². The number of nitrogen functional groups attached to an aromatic ring is 1. The first-order valence-electron chi connectivity index (χ1n) is 7.23. The number of rotatable bonds is 7. The number of hydrogen-bond donors (Lipinski definition) is 1. The first kappa shape index (κ1) is 15.2. The molecule has 0 aliphatic rings. The minimum absolute atomic E-state index is 0.0919. The molecule has 112 valence electrons. The summed E-state index contributed by atoms with van der Waals surface area (Å²) in [6.45, 7) is 4.61. The SMILES string of the molecule is CC(C)Oc1cc(OCCCc2ccncc2)ccc1N. The van der Waals surface area contributed by atoms with Gasteiger partial charge in [0.05, 0.1) is 18.4 Å². The predicted molar refractivity (Wildman–Crippen MR) is 84.7 cm³/mol. The van der Waals surface area contributed by atoms with Crippen molar-refractivity contribution in [2.45, 2.75) is 32.8 Å². The number of nitrogens with two attached hydrogens (primary N) is 1. The van der Waals surface area contributed by atoms with E-state index in [1.165, 1.54) is 5.56 Å². The number of anilines is 1. The molecule has 1 aromatic carbocycles. The lowest BCUT2D eigenvalue weighted by Gasteiger charge is -2.14. The number of aromatic nitrogens is 1. The molecule has 4 nitrogen and oxygen atoms in total. The summed E-state index contributed by atoms with van der Waals surface area (Å²) in [6, 6.07) is 9.59. The van der Waals surface area contributed by atoms with E-state index in [-0.39, 0.29) is 6.10 Å². The number of nitrogens with zero attached hydrogens (tertiary/aromatic N) is 1. The Bertz CT molecular complexity index is 556. The van der Waals surface area contributed by atoms with Gasteiger partial charge in [-0.15, -0.1) is 0 Å². The van der Waals surface area contributed by atoms with Crippen LogP contribution in [0.3, 0.4) is 0 Å². The van der Waals surface area contributed by atoms with Gasteiger partial charge in [-0.2, -0.15) is 0 Å². The van der Waals surface area contributed by atoms with E-state index in [1.54, 1.807) is 0 Å². The standard InChI is InChI=1S/C17H22N2O2/c1-13(2)21-17-12-15(5-6-16(17)18)20-11-3-4-14-7-9-19-10-8-14/h5-10,12-13H,3-4,11,18H2,1-2H3. The molecule has 2 aromatic rings. The molecule has 1 aromatic heterocycles. The van der Waals surface area contributed by atoms with Crippen LogP contribution in [0.15, 0.2) is 42.7 Å². The number of aryl methyl sites for hydroxylation is 1. The van der Waals surface area contributed by atoms with Gasteiger partial charge >= 0.3 is 0 Å². The summed E-state index contributed by atoms with van der Waals surface area (Å²) in [5.74, 6) is 1.46. The number of pyridine rings is 1. The Labute approximate surface area is 125 Å². The fourth-order valence-corrected chi connectivity index (χ4v) is 1.98. The van der Waals surface area contributed by atoms with Crippen molar-refractivity contribution in [3.05, 3.63) is 48.3 Å². The molecule has 0 bridgehead atoms. The Balaban J connectivity index is 1.83. The van der Waals surface area contributed by atoms with Crippen LogP contribution < -0.4 is 15.2 Å². The van der Waals surface area contributed by atoms with Crippen LogP contribution >= 0.6 is 0 Å². The molecular formula is C17H22N2O2. The van der Waals surface area contributed by atoms with E-state index in [0.29, 0.717) is 18.0 Å². The molecule has 0 saturated heterocycles. The van der Waals surface area contributed by atoms with Gasteiger partial charge in [0, 0.05) is 18.5 Å². The van der Waals surface area contributed by atoms with Crippen molar-refractivity contribution in [2.24, 2.45) is 0 Å². The van der Waals surface area contributed by atoms with Crippen LogP contribution in [0.1, 0.15) is 25.8 Å². The molecule has 4 heteroatoms. The van der Waals surface area contributed by atoms with Crippen molar-refractivity contribution < 1.29 is 9.47 Å². The van der Waals surface area contributed by atoms with Crippen LogP contribution in [0.4, 0.5) is 5.69 Å². The van der Waals surface area contributed by atoms with Gasteiger partial charge in [-0.05, 0) is 56.5 Å². The molecule has 0 saturated carbocycles. The normalized spacial score (nSPS) is 10.6. The maximum atomic E-state index is 5.88. The second-order valence-electron chi connectivity index (χ2n) is 5.17. The summed E-state index contributed by atoms with van der Waals surface area (Å²) >= 11 is 0. The average Bonchev–Trinajstić information content (AvgIpc) is 2.47. The van der Waals surface area contributed by atoms with Gasteiger partial charge in [0.1, 0.15) is 11.5 Å². The molecule has 0 aliphatic heterocycles. The molecule has 0 fully saturated rings. The number of ether oxygens (including phenoxy) is 2. The Morgan fingerprint density at radius 3 is 2.62 bits per heavy atom. The third-order valence-electron chi connectivity index (χ3n) is 2.98. The molecule has 2 N–H and O–H groups in total. The minimum Gasteiger partial charge on any atom is -0.493 e. The first-order chi connectivity index (χ1) is 10.1. The lowest BCUT2D eigenvalue weighted by atomic mass is 10.1. The van der Waals surface area contributed by atoms with Crippen LogP contribution in [0, 0.1) is 0 Å². The monoisotopic (exact) mass is 286 g/mol. The Morgan fingerprint density at radius 1 is 1.14 bits per heavy atom. The largest absolute Gasteiger partial charge is 0.493 e. The molecule has 0 spiro atoms. The smallest absolute Gasteiger partial charge is 0.146 e. The second kappa shape index (κ2) is 7.53. The molecule has 1 heterocycles. The highest BCUT2D eigenvalue weighted by atomic mass is 16.5. The van der Waals surface area contributed by atoms with Crippen LogP contribution in [0.5, 0.6) is 11.5 Å². The van der Waals surface area contributed by atoms with Gasteiger partial charge in [0.15, 0.2) is 0 Å². The summed E-state index contributed by atoms with van der Waals surface area (Å²) in [4.78, 5) is 4.01. The summed E-state index contributed by atoms with van der Waals surface area (Å²) in [6.07, 6.45) is 5.65. The highest BCUT2D eigenvalue weighted by Crippen LogP contribution is 2.27. The van der Waals surface area contributed by atoms with Gasteiger partial charge in [-0.1, -0.05) is 0 Å². The fourth-order valence-electron chi connectivity index (χ4n) is 1.98. The highest BCUT2D eigenvalue weighted by molar-refractivity contribution is 5.55. The zero-order valence-electron chi connectivity index (χ0n) is 12.6. The highest BCUT2D eigenvalue weighted by Gasteiger charge is 2.05. The third-order valence-corrected chi connectivity index (χ3v) is 2.98. The maximum absolute atomic E-state index is 5.88. The van der Waals surface area contributed by atoms with E-state index in [1.807, 2.05) is 56.6 Å². The van der Waals surface area contributed by atoms with Crippen LogP contribution in [-0.4, -0.2) is 17.7 Å². The van der Waals surface area contributed by atoms with Crippen molar-refractivity contribution in [1.29, 1.82) is 0 Å². The van der Waals surface area contributed by atoms with Gasteiger partial charge in [-0.25, -0.2) is 0 Å². The van der Waals surface area contributed by atoms with E-state index in [2.05, 4.69) is 4.98 Å². The van der Waals surface area contributed by atoms with Crippen LogP contribution in [0.2, 0.25) is 0 Å².